The first-order chi connectivity index (χ1) is 14.2. The van der Waals surface area contributed by atoms with Crippen LogP contribution in [0.15, 0.2) is 79.0 Å². The number of rotatable bonds is 6. The predicted octanol–water partition coefficient (Wildman–Crippen LogP) is 5.44. The molecule has 0 unspecified atom stereocenters. The number of carbonyl (C=O) groups excluding carboxylic acids is 1. The Kier molecular flexibility index (Phi) is 5.43. The van der Waals surface area contributed by atoms with Crippen molar-refractivity contribution in [1.82, 2.24) is 9.38 Å². The van der Waals surface area contributed by atoms with Crippen molar-refractivity contribution in [3.63, 3.8) is 0 Å². The number of imidazole rings is 1. The molecule has 4 rings (SSSR count). The number of carbonyl (C=O) groups is 1. The highest BCUT2D eigenvalue weighted by atomic mass is 16.2. The molecule has 4 nitrogen and oxygen atoms in total. The van der Waals surface area contributed by atoms with Gasteiger partial charge in [-0.15, -0.1) is 0 Å². The van der Waals surface area contributed by atoms with Crippen LogP contribution in [0.3, 0.4) is 0 Å². The number of hydrogen-bond acceptors (Lipinski definition) is 2. The van der Waals surface area contributed by atoms with Gasteiger partial charge in [0.2, 0.25) is 0 Å². The van der Waals surface area contributed by atoms with Crippen LogP contribution in [-0.2, 0) is 13.0 Å². The lowest BCUT2D eigenvalue weighted by Crippen LogP contribution is -2.32. The van der Waals surface area contributed by atoms with Crippen LogP contribution in [0, 0.1) is 6.92 Å². The van der Waals surface area contributed by atoms with E-state index in [0.29, 0.717) is 12.2 Å². The van der Waals surface area contributed by atoms with Crippen molar-refractivity contribution in [2.45, 2.75) is 33.2 Å². The van der Waals surface area contributed by atoms with Gasteiger partial charge in [0.1, 0.15) is 11.3 Å². The minimum absolute atomic E-state index is 0.0279. The van der Waals surface area contributed by atoms with Gasteiger partial charge in [-0.05, 0) is 48.7 Å². The first-order valence-corrected chi connectivity index (χ1v) is 10.1. The Bertz CT molecular complexity index is 1120. The molecule has 0 bridgehead atoms. The smallest absolute Gasteiger partial charge is 0.277 e. The van der Waals surface area contributed by atoms with Crippen LogP contribution < -0.4 is 4.90 Å². The number of hydrogen-bond donors (Lipinski definition) is 0. The number of benzene rings is 2. The van der Waals surface area contributed by atoms with Crippen LogP contribution in [0.25, 0.3) is 5.65 Å². The highest BCUT2D eigenvalue weighted by Gasteiger charge is 2.25. The maximum absolute atomic E-state index is 13.9. The number of para-hydroxylation sites is 1. The number of aryl methyl sites for hydroxylation is 2. The Hall–Kier alpha value is -3.40. The Morgan fingerprint density at radius 3 is 2.38 bits per heavy atom. The fourth-order valence-electron chi connectivity index (χ4n) is 3.61. The van der Waals surface area contributed by atoms with Crippen LogP contribution in [-0.4, -0.2) is 15.3 Å². The standard InChI is InChI=1S/C25H25N3O/c1-3-10-22-24(27-16-15-19(2)17-23(27)26-22)25(29)28(21-13-8-5-9-14-21)18-20-11-6-4-7-12-20/h4-9,11-17H,3,10,18H2,1-2H3. The van der Waals surface area contributed by atoms with E-state index in [2.05, 4.69) is 6.92 Å². The van der Waals surface area contributed by atoms with Crippen molar-refractivity contribution in [2.75, 3.05) is 4.90 Å². The lowest BCUT2D eigenvalue weighted by atomic mass is 10.1. The molecule has 0 N–H and O–H groups in total. The van der Waals surface area contributed by atoms with Crippen molar-refractivity contribution in [3.05, 3.63) is 102 Å². The Labute approximate surface area is 171 Å². The van der Waals surface area contributed by atoms with Gasteiger partial charge >= 0.3 is 0 Å². The van der Waals surface area contributed by atoms with Crippen LogP contribution in [0.4, 0.5) is 5.69 Å². The summed E-state index contributed by atoms with van der Waals surface area (Å²) in [6, 6.07) is 24.0. The molecule has 2 aromatic heterocycles. The number of pyridine rings is 1. The van der Waals surface area contributed by atoms with Crippen molar-refractivity contribution < 1.29 is 4.79 Å². The van der Waals surface area contributed by atoms with E-state index in [9.17, 15) is 4.79 Å². The van der Waals surface area contributed by atoms with Gasteiger partial charge in [0.05, 0.1) is 12.2 Å². The topological polar surface area (TPSA) is 37.6 Å². The minimum Gasteiger partial charge on any atom is -0.303 e. The lowest BCUT2D eigenvalue weighted by molar-refractivity contribution is 0.0978. The predicted molar refractivity (Wildman–Crippen MR) is 117 cm³/mol. The molecule has 0 radical (unpaired) electrons. The number of anilines is 1. The van der Waals surface area contributed by atoms with Crippen LogP contribution in [0.1, 0.15) is 40.7 Å². The van der Waals surface area contributed by atoms with E-state index in [4.69, 9.17) is 4.98 Å². The van der Waals surface area contributed by atoms with Gasteiger partial charge in [-0.1, -0.05) is 61.9 Å². The van der Waals surface area contributed by atoms with Gasteiger partial charge < -0.3 is 4.90 Å². The Balaban J connectivity index is 1.83. The molecule has 0 aliphatic rings. The van der Waals surface area contributed by atoms with Crippen molar-refractivity contribution >= 4 is 17.2 Å². The van der Waals surface area contributed by atoms with Crippen LogP contribution in [0.5, 0.6) is 0 Å². The van der Waals surface area contributed by atoms with E-state index < -0.39 is 0 Å². The second kappa shape index (κ2) is 8.31. The fraction of sp³-hybridized carbons (Fsp3) is 0.200. The average Bonchev–Trinajstić information content (AvgIpc) is 3.10. The van der Waals surface area contributed by atoms with Gasteiger partial charge in [0.25, 0.3) is 5.91 Å². The zero-order chi connectivity index (χ0) is 20.2. The third kappa shape index (κ3) is 3.92. The molecule has 1 amide bonds. The molecule has 4 heteroatoms. The SMILES string of the molecule is CCCc1nc2cc(C)ccn2c1C(=O)N(Cc1ccccc1)c1ccccc1. The number of nitrogens with zero attached hydrogens (tertiary/aromatic N) is 3. The molecule has 0 aliphatic heterocycles. The second-order valence-electron chi connectivity index (χ2n) is 7.30. The molecule has 2 aromatic carbocycles. The largest absolute Gasteiger partial charge is 0.303 e. The highest BCUT2D eigenvalue weighted by molar-refractivity contribution is 6.06. The molecule has 0 saturated heterocycles. The Morgan fingerprint density at radius 2 is 1.69 bits per heavy atom. The van der Waals surface area contributed by atoms with E-state index in [-0.39, 0.29) is 5.91 Å². The summed E-state index contributed by atoms with van der Waals surface area (Å²) < 4.78 is 1.93. The van der Waals surface area contributed by atoms with Gasteiger partial charge in [-0.25, -0.2) is 4.98 Å². The van der Waals surface area contributed by atoms with Crippen molar-refractivity contribution in [3.8, 4) is 0 Å². The van der Waals surface area contributed by atoms with E-state index in [1.807, 2.05) is 95.2 Å². The van der Waals surface area contributed by atoms with E-state index in [1.165, 1.54) is 0 Å². The molecule has 0 atom stereocenters. The zero-order valence-corrected chi connectivity index (χ0v) is 16.9. The minimum atomic E-state index is -0.0279. The molecule has 0 spiro atoms. The maximum Gasteiger partial charge on any atom is 0.277 e. The van der Waals surface area contributed by atoms with Crippen LogP contribution >= 0.6 is 0 Å². The third-order valence-electron chi connectivity index (χ3n) is 5.04. The molecule has 0 aliphatic carbocycles. The summed E-state index contributed by atoms with van der Waals surface area (Å²) in [6.07, 6.45) is 3.67. The summed E-state index contributed by atoms with van der Waals surface area (Å²) >= 11 is 0. The van der Waals surface area contributed by atoms with Gasteiger partial charge in [0, 0.05) is 11.9 Å². The van der Waals surface area contributed by atoms with Gasteiger partial charge in [-0.2, -0.15) is 0 Å². The number of amides is 1. The molecule has 29 heavy (non-hydrogen) atoms. The van der Waals surface area contributed by atoms with Crippen LogP contribution in [0.2, 0.25) is 0 Å². The van der Waals surface area contributed by atoms with E-state index in [1.54, 1.807) is 0 Å². The quantitative estimate of drug-likeness (QED) is 0.444. The summed E-state index contributed by atoms with van der Waals surface area (Å²) in [6.45, 7) is 4.66. The monoisotopic (exact) mass is 383 g/mol. The second-order valence-corrected chi connectivity index (χ2v) is 7.30. The number of fused-ring (bicyclic) bond motifs is 1. The third-order valence-corrected chi connectivity index (χ3v) is 5.04. The van der Waals surface area contributed by atoms with Crippen molar-refractivity contribution in [2.24, 2.45) is 0 Å². The molecule has 0 saturated carbocycles. The highest BCUT2D eigenvalue weighted by Crippen LogP contribution is 2.23. The molecule has 2 heterocycles. The summed E-state index contributed by atoms with van der Waals surface area (Å²) in [7, 11) is 0. The normalized spacial score (nSPS) is 11.0. The summed E-state index contributed by atoms with van der Waals surface area (Å²) in [5, 5.41) is 0. The summed E-state index contributed by atoms with van der Waals surface area (Å²) in [5.41, 5.74) is 5.44. The molecular weight excluding hydrogens is 358 g/mol. The average molecular weight is 383 g/mol. The number of aromatic nitrogens is 2. The first-order valence-electron chi connectivity index (χ1n) is 10.1. The van der Waals surface area contributed by atoms with Gasteiger partial charge in [-0.3, -0.25) is 9.20 Å². The molecule has 4 aromatic rings. The molecule has 146 valence electrons. The molecular formula is C25H25N3O. The first kappa shape index (κ1) is 18.9. The lowest BCUT2D eigenvalue weighted by Gasteiger charge is -2.23. The molecule has 0 fully saturated rings. The van der Waals surface area contributed by atoms with Gasteiger partial charge in [0.15, 0.2) is 0 Å². The maximum atomic E-state index is 13.9. The Morgan fingerprint density at radius 1 is 1.00 bits per heavy atom. The van der Waals surface area contributed by atoms with E-state index in [0.717, 1.165) is 41.0 Å². The van der Waals surface area contributed by atoms with Crippen molar-refractivity contribution in [1.29, 1.82) is 0 Å². The zero-order valence-electron chi connectivity index (χ0n) is 16.9. The fourth-order valence-corrected chi connectivity index (χ4v) is 3.61. The summed E-state index contributed by atoms with van der Waals surface area (Å²) in [4.78, 5) is 20.5. The van der Waals surface area contributed by atoms with E-state index >= 15 is 0 Å². The summed E-state index contributed by atoms with van der Waals surface area (Å²) in [5.74, 6) is -0.0279.